The van der Waals surface area contributed by atoms with E-state index in [1.807, 2.05) is 6.08 Å². The zero-order valence-electron chi connectivity index (χ0n) is 12.0. The van der Waals surface area contributed by atoms with Gasteiger partial charge in [-0.15, -0.1) is 0 Å². The molecule has 0 aromatic heterocycles. The molecule has 0 saturated heterocycles. The van der Waals surface area contributed by atoms with Crippen LogP contribution in [0.15, 0.2) is 23.8 Å². The predicted molar refractivity (Wildman–Crippen MR) is 73.2 cm³/mol. The van der Waals surface area contributed by atoms with Gasteiger partial charge in [-0.3, -0.25) is 4.94 Å². The van der Waals surface area contributed by atoms with Crippen LogP contribution < -0.4 is 0 Å². The quantitative estimate of drug-likeness (QED) is 0.586. The number of hydrogen-bond acceptors (Lipinski definition) is 3. The van der Waals surface area contributed by atoms with Crippen molar-refractivity contribution in [1.29, 1.82) is 0 Å². The van der Waals surface area contributed by atoms with Crippen molar-refractivity contribution in [3.05, 3.63) is 23.8 Å². The number of aldehydes is 1. The van der Waals surface area contributed by atoms with Gasteiger partial charge in [0.1, 0.15) is 6.29 Å². The van der Waals surface area contributed by atoms with Crippen molar-refractivity contribution in [2.45, 2.75) is 39.5 Å². The third-order valence-corrected chi connectivity index (χ3v) is 5.21. The van der Waals surface area contributed by atoms with E-state index in [0.29, 0.717) is 11.8 Å². The third kappa shape index (κ3) is 2.56. The summed E-state index contributed by atoms with van der Waals surface area (Å²) in [5.41, 5.74) is 0.742. The molecular weight excluding hydrogens is 259 g/mol. The molecular formula is C16H21FO3. The molecule has 4 unspecified atom stereocenters. The van der Waals surface area contributed by atoms with Gasteiger partial charge >= 0.3 is 5.97 Å². The highest BCUT2D eigenvalue weighted by atomic mass is 19.3. The summed E-state index contributed by atoms with van der Waals surface area (Å²) < 4.78 is 11.7. The second kappa shape index (κ2) is 5.90. The van der Waals surface area contributed by atoms with Gasteiger partial charge in [0.15, 0.2) is 0 Å². The van der Waals surface area contributed by atoms with Crippen molar-refractivity contribution in [3.8, 4) is 0 Å². The maximum absolute atomic E-state index is 11.7. The van der Waals surface area contributed by atoms with Gasteiger partial charge in [0, 0.05) is 16.5 Å². The normalized spacial score (nSPS) is 37.1. The lowest BCUT2D eigenvalue weighted by Crippen LogP contribution is -2.45. The van der Waals surface area contributed by atoms with E-state index in [0.717, 1.165) is 37.2 Å². The number of carbonyl (C=O) groups is 2. The van der Waals surface area contributed by atoms with Crippen LogP contribution in [0.5, 0.6) is 0 Å². The summed E-state index contributed by atoms with van der Waals surface area (Å²) in [6.07, 6.45) is 9.80. The van der Waals surface area contributed by atoms with Gasteiger partial charge in [-0.25, -0.2) is 4.79 Å². The molecule has 2 aliphatic rings. The van der Waals surface area contributed by atoms with E-state index in [2.05, 4.69) is 18.8 Å². The topological polar surface area (TPSA) is 43.4 Å². The molecule has 0 bridgehead atoms. The largest absolute Gasteiger partial charge is 0.372 e. The molecule has 20 heavy (non-hydrogen) atoms. The van der Waals surface area contributed by atoms with Crippen molar-refractivity contribution in [2.24, 2.45) is 23.2 Å². The minimum Gasteiger partial charge on any atom is -0.303 e. The van der Waals surface area contributed by atoms with Crippen molar-refractivity contribution in [3.63, 3.8) is 0 Å². The zero-order valence-corrected chi connectivity index (χ0v) is 12.0. The standard InChI is InChI=1S/C16H21FO3/c1-11-4-3-9-16(2)13(11)7-5-12(14(16)10-18)6-8-15(19)20-17/h5-6,8,10-11,13-14H,3-4,7,9H2,1-2H3/b8-6+. The van der Waals surface area contributed by atoms with E-state index in [1.54, 1.807) is 0 Å². The average Bonchev–Trinajstić information content (AvgIpc) is 2.43. The Morgan fingerprint density at radius 2 is 2.30 bits per heavy atom. The average molecular weight is 280 g/mol. The SMILES string of the molecule is CC1CCCC2(C)C(C=O)C(/C=C/C(=O)OF)=CCC12. The summed E-state index contributed by atoms with van der Waals surface area (Å²) in [6.45, 7) is 4.42. The van der Waals surface area contributed by atoms with Crippen molar-refractivity contribution >= 4 is 12.3 Å². The van der Waals surface area contributed by atoms with Crippen molar-refractivity contribution in [1.82, 2.24) is 0 Å². The van der Waals surface area contributed by atoms with Crippen LogP contribution in [0.2, 0.25) is 0 Å². The zero-order chi connectivity index (χ0) is 14.8. The first-order chi connectivity index (χ1) is 9.52. The molecule has 1 fully saturated rings. The maximum atomic E-state index is 11.7. The van der Waals surface area contributed by atoms with E-state index < -0.39 is 5.97 Å². The van der Waals surface area contributed by atoms with Crippen molar-refractivity contribution < 1.29 is 19.1 Å². The molecule has 110 valence electrons. The van der Waals surface area contributed by atoms with Crippen molar-refractivity contribution in [2.75, 3.05) is 0 Å². The molecule has 2 rings (SSSR count). The maximum Gasteiger partial charge on any atom is 0.372 e. The van der Waals surface area contributed by atoms with Gasteiger partial charge in [0.2, 0.25) is 0 Å². The smallest absolute Gasteiger partial charge is 0.303 e. The van der Waals surface area contributed by atoms with Crippen LogP contribution in [-0.4, -0.2) is 12.3 Å². The van der Waals surface area contributed by atoms with Crippen LogP contribution in [0, 0.1) is 23.2 Å². The molecule has 4 heteroatoms. The van der Waals surface area contributed by atoms with Gasteiger partial charge in [0.25, 0.3) is 0 Å². The third-order valence-electron chi connectivity index (χ3n) is 5.21. The Morgan fingerprint density at radius 3 is 2.95 bits per heavy atom. The van der Waals surface area contributed by atoms with Gasteiger partial charge in [0.05, 0.1) is 0 Å². The Kier molecular flexibility index (Phi) is 4.41. The summed E-state index contributed by atoms with van der Waals surface area (Å²) in [7, 11) is 0. The first-order valence-corrected chi connectivity index (χ1v) is 7.19. The van der Waals surface area contributed by atoms with Crippen LogP contribution in [-0.2, 0) is 14.5 Å². The van der Waals surface area contributed by atoms with Crippen LogP contribution in [0.3, 0.4) is 0 Å². The van der Waals surface area contributed by atoms with E-state index in [4.69, 9.17) is 0 Å². The fourth-order valence-electron chi connectivity index (χ4n) is 4.10. The molecule has 0 radical (unpaired) electrons. The second-order valence-electron chi connectivity index (χ2n) is 6.26. The highest BCUT2D eigenvalue weighted by Gasteiger charge is 2.48. The van der Waals surface area contributed by atoms with Crippen LogP contribution in [0.4, 0.5) is 4.53 Å². The van der Waals surface area contributed by atoms with Gasteiger partial charge in [-0.05, 0) is 35.7 Å². The molecule has 0 aromatic carbocycles. The van der Waals surface area contributed by atoms with Crippen LogP contribution in [0.1, 0.15) is 39.5 Å². The van der Waals surface area contributed by atoms with Crippen LogP contribution in [0.25, 0.3) is 0 Å². The lowest BCUT2D eigenvalue weighted by molar-refractivity contribution is -0.176. The molecule has 3 nitrogen and oxygen atoms in total. The van der Waals surface area contributed by atoms with Crippen LogP contribution >= 0.6 is 0 Å². The predicted octanol–water partition coefficient (Wildman–Crippen LogP) is 3.56. The number of carbonyl (C=O) groups excluding carboxylic acids is 2. The molecule has 1 saturated carbocycles. The number of hydrogen-bond donors (Lipinski definition) is 0. The summed E-state index contributed by atoms with van der Waals surface area (Å²) in [4.78, 5) is 25.6. The molecule has 0 N–H and O–H groups in total. The highest BCUT2D eigenvalue weighted by molar-refractivity contribution is 5.82. The first kappa shape index (κ1) is 14.9. The lowest BCUT2D eigenvalue weighted by Gasteiger charge is -2.51. The highest BCUT2D eigenvalue weighted by Crippen LogP contribution is 2.54. The first-order valence-electron chi connectivity index (χ1n) is 7.19. The Morgan fingerprint density at radius 1 is 1.55 bits per heavy atom. The number of allylic oxidation sites excluding steroid dienone is 3. The number of halogens is 1. The van der Waals surface area contributed by atoms with E-state index >= 15 is 0 Å². The molecule has 0 aliphatic heterocycles. The number of rotatable bonds is 3. The van der Waals surface area contributed by atoms with Gasteiger partial charge < -0.3 is 4.79 Å². The fraction of sp³-hybridized carbons (Fsp3) is 0.625. The summed E-state index contributed by atoms with van der Waals surface area (Å²) >= 11 is 0. The van der Waals surface area contributed by atoms with Gasteiger partial charge in [-0.2, -0.15) is 0 Å². The minimum absolute atomic E-state index is 0.0620. The Bertz CT molecular complexity index is 455. The molecule has 0 spiro atoms. The lowest BCUT2D eigenvalue weighted by atomic mass is 9.53. The van der Waals surface area contributed by atoms with E-state index in [1.165, 1.54) is 12.5 Å². The fourth-order valence-corrected chi connectivity index (χ4v) is 4.10. The number of fused-ring (bicyclic) bond motifs is 1. The summed E-state index contributed by atoms with van der Waals surface area (Å²) in [6, 6.07) is 0. The Hall–Kier alpha value is -1.45. The monoisotopic (exact) mass is 280 g/mol. The Labute approximate surface area is 118 Å². The van der Waals surface area contributed by atoms with Gasteiger partial charge in [-0.1, -0.05) is 38.8 Å². The Balaban J connectivity index is 2.29. The molecule has 0 amide bonds. The summed E-state index contributed by atoms with van der Waals surface area (Å²) in [5, 5.41) is 0. The minimum atomic E-state index is -1.04. The molecule has 4 atom stereocenters. The van der Waals surface area contributed by atoms with E-state index in [-0.39, 0.29) is 11.3 Å². The molecule has 0 aromatic rings. The van der Waals surface area contributed by atoms with E-state index in [9.17, 15) is 14.1 Å². The second-order valence-corrected chi connectivity index (χ2v) is 6.26. The molecule has 2 aliphatic carbocycles. The molecule has 0 heterocycles. The summed E-state index contributed by atoms with van der Waals surface area (Å²) in [5.74, 6) is -0.169.